The Morgan fingerprint density at radius 1 is 1.23 bits per heavy atom. The molecular formula is C27H30N4O3S. The molecule has 2 aromatic heterocycles. The Bertz CT molecular complexity index is 1240. The monoisotopic (exact) mass is 490 g/mol. The van der Waals surface area contributed by atoms with E-state index in [0.29, 0.717) is 10.7 Å². The highest BCUT2D eigenvalue weighted by Gasteiger charge is 2.42. The van der Waals surface area contributed by atoms with Crippen LogP contribution in [0.5, 0.6) is 0 Å². The summed E-state index contributed by atoms with van der Waals surface area (Å²) in [7, 11) is 1.41. The van der Waals surface area contributed by atoms with E-state index in [1.54, 1.807) is 6.07 Å². The van der Waals surface area contributed by atoms with Gasteiger partial charge in [0.1, 0.15) is 0 Å². The zero-order valence-electron chi connectivity index (χ0n) is 20.2. The molecule has 3 atom stereocenters. The molecule has 0 aliphatic carbocycles. The number of hydrogen-bond acceptors (Lipinski definition) is 5. The van der Waals surface area contributed by atoms with E-state index in [9.17, 15) is 4.79 Å². The van der Waals surface area contributed by atoms with Crippen LogP contribution >= 0.6 is 12.2 Å². The normalized spacial score (nSPS) is 21.9. The Morgan fingerprint density at radius 3 is 2.74 bits per heavy atom. The van der Waals surface area contributed by atoms with Crippen LogP contribution in [0.25, 0.3) is 5.69 Å². The molecular weight excluding hydrogens is 460 g/mol. The van der Waals surface area contributed by atoms with E-state index in [2.05, 4.69) is 39.7 Å². The fourth-order valence-corrected chi connectivity index (χ4v) is 5.67. The van der Waals surface area contributed by atoms with Crippen LogP contribution in [0.1, 0.15) is 57.9 Å². The van der Waals surface area contributed by atoms with Gasteiger partial charge in [-0.2, -0.15) is 0 Å². The molecule has 35 heavy (non-hydrogen) atoms. The number of carbonyl (C=O) groups is 1. The molecule has 0 bridgehead atoms. The quantitative estimate of drug-likeness (QED) is 0.405. The van der Waals surface area contributed by atoms with E-state index < -0.39 is 0 Å². The highest BCUT2D eigenvalue weighted by molar-refractivity contribution is 7.80. The molecule has 182 valence electrons. The van der Waals surface area contributed by atoms with Crippen LogP contribution in [0.4, 0.5) is 0 Å². The lowest BCUT2D eigenvalue weighted by Gasteiger charge is -2.30. The summed E-state index contributed by atoms with van der Waals surface area (Å²) in [6.45, 7) is 5.68. The number of hydrogen-bond donors (Lipinski definition) is 1. The lowest BCUT2D eigenvalue weighted by Crippen LogP contribution is -2.36. The van der Waals surface area contributed by atoms with E-state index >= 15 is 0 Å². The summed E-state index contributed by atoms with van der Waals surface area (Å²) >= 11 is 5.84. The first-order valence-corrected chi connectivity index (χ1v) is 12.4. The van der Waals surface area contributed by atoms with E-state index in [1.807, 2.05) is 42.6 Å². The SMILES string of the molecule is COC(=O)c1ccccc1-n1c(C)cc([C@@H]2[C@H](c3ccccn3)NC(=S)N2C[C@@H]2CCCO2)c1C. The second kappa shape index (κ2) is 9.79. The largest absolute Gasteiger partial charge is 0.465 e. The third-order valence-electron chi connectivity index (χ3n) is 6.96. The van der Waals surface area contributed by atoms with Crippen LogP contribution in [-0.4, -0.2) is 51.9 Å². The van der Waals surface area contributed by atoms with Crippen LogP contribution in [0.2, 0.25) is 0 Å². The summed E-state index contributed by atoms with van der Waals surface area (Å²) in [6, 6.07) is 15.5. The summed E-state index contributed by atoms with van der Waals surface area (Å²) in [5.41, 5.74) is 5.49. The number of thiocarbonyl (C=S) groups is 1. The van der Waals surface area contributed by atoms with Crippen molar-refractivity contribution in [1.29, 1.82) is 0 Å². The van der Waals surface area contributed by atoms with Gasteiger partial charge in [-0.05, 0) is 74.8 Å². The van der Waals surface area contributed by atoms with Gasteiger partial charge in [0.15, 0.2) is 5.11 Å². The minimum Gasteiger partial charge on any atom is -0.465 e. The maximum absolute atomic E-state index is 12.5. The van der Waals surface area contributed by atoms with Gasteiger partial charge < -0.3 is 24.3 Å². The second-order valence-electron chi connectivity index (χ2n) is 9.08. The van der Waals surface area contributed by atoms with Crippen molar-refractivity contribution in [2.45, 2.75) is 44.9 Å². The summed E-state index contributed by atoms with van der Waals surface area (Å²) in [6.07, 6.45) is 4.08. The molecule has 2 fully saturated rings. The maximum Gasteiger partial charge on any atom is 0.339 e. The molecule has 3 aromatic rings. The first-order valence-electron chi connectivity index (χ1n) is 12.0. The van der Waals surface area contributed by atoms with Crippen molar-refractivity contribution >= 4 is 23.3 Å². The zero-order chi connectivity index (χ0) is 24.5. The number of nitrogens with zero attached hydrogens (tertiary/aromatic N) is 3. The predicted molar refractivity (Wildman–Crippen MR) is 138 cm³/mol. The minimum atomic E-state index is -0.357. The van der Waals surface area contributed by atoms with E-state index in [0.717, 1.165) is 54.3 Å². The summed E-state index contributed by atoms with van der Waals surface area (Å²) in [4.78, 5) is 19.4. The van der Waals surface area contributed by atoms with Crippen LogP contribution in [0, 0.1) is 13.8 Å². The Balaban J connectivity index is 1.61. The molecule has 0 unspecified atom stereocenters. The second-order valence-corrected chi connectivity index (χ2v) is 9.47. The molecule has 0 spiro atoms. The van der Waals surface area contributed by atoms with Gasteiger partial charge in [-0.25, -0.2) is 4.79 Å². The van der Waals surface area contributed by atoms with Gasteiger partial charge in [-0.15, -0.1) is 0 Å². The minimum absolute atomic E-state index is 0.0631. The molecule has 2 saturated heterocycles. The molecule has 8 heteroatoms. The molecule has 1 N–H and O–H groups in total. The fraction of sp³-hybridized carbons (Fsp3) is 0.370. The van der Waals surface area contributed by atoms with Gasteiger partial charge in [0, 0.05) is 30.7 Å². The van der Waals surface area contributed by atoms with Crippen molar-refractivity contribution in [3.05, 3.63) is 82.9 Å². The Morgan fingerprint density at radius 2 is 2.03 bits per heavy atom. The van der Waals surface area contributed by atoms with Gasteiger partial charge in [0.2, 0.25) is 0 Å². The number of methoxy groups -OCH3 is 1. The first-order chi connectivity index (χ1) is 17.0. The van der Waals surface area contributed by atoms with Gasteiger partial charge in [-0.3, -0.25) is 4.98 Å². The van der Waals surface area contributed by atoms with Crippen molar-refractivity contribution in [2.75, 3.05) is 20.3 Å². The van der Waals surface area contributed by atoms with Gasteiger partial charge in [-0.1, -0.05) is 18.2 Å². The van der Waals surface area contributed by atoms with Crippen molar-refractivity contribution in [3.63, 3.8) is 0 Å². The molecule has 0 amide bonds. The van der Waals surface area contributed by atoms with E-state index in [4.69, 9.17) is 21.7 Å². The summed E-state index contributed by atoms with van der Waals surface area (Å²) in [5.74, 6) is -0.357. The number of rotatable bonds is 6. The number of carbonyl (C=O) groups excluding carboxylic acids is 1. The van der Waals surface area contributed by atoms with Crippen molar-refractivity contribution in [2.24, 2.45) is 0 Å². The van der Waals surface area contributed by atoms with Crippen LogP contribution in [0.15, 0.2) is 54.7 Å². The lowest BCUT2D eigenvalue weighted by molar-refractivity contribution is 0.0600. The number of esters is 1. The molecule has 0 radical (unpaired) electrons. The van der Waals surface area contributed by atoms with Crippen LogP contribution in [0.3, 0.4) is 0 Å². The van der Waals surface area contributed by atoms with Gasteiger partial charge >= 0.3 is 5.97 Å². The van der Waals surface area contributed by atoms with Crippen molar-refractivity contribution in [1.82, 2.24) is 19.8 Å². The van der Waals surface area contributed by atoms with E-state index in [-0.39, 0.29) is 24.2 Å². The van der Waals surface area contributed by atoms with Crippen molar-refractivity contribution < 1.29 is 14.3 Å². The number of aromatic nitrogens is 2. The molecule has 2 aliphatic rings. The highest BCUT2D eigenvalue weighted by Crippen LogP contribution is 2.42. The average molecular weight is 491 g/mol. The number of nitrogens with one attached hydrogen (secondary N) is 1. The highest BCUT2D eigenvalue weighted by atomic mass is 32.1. The molecule has 5 rings (SSSR count). The first kappa shape index (κ1) is 23.5. The number of aryl methyl sites for hydroxylation is 1. The third kappa shape index (κ3) is 4.32. The van der Waals surface area contributed by atoms with Gasteiger partial charge in [0.05, 0.1) is 42.2 Å². The molecule has 7 nitrogen and oxygen atoms in total. The van der Waals surface area contributed by atoms with Crippen LogP contribution in [-0.2, 0) is 9.47 Å². The summed E-state index contributed by atoms with van der Waals surface area (Å²) < 4.78 is 13.2. The third-order valence-corrected chi connectivity index (χ3v) is 7.31. The number of pyridine rings is 1. The predicted octanol–water partition coefficient (Wildman–Crippen LogP) is 4.43. The van der Waals surface area contributed by atoms with Crippen molar-refractivity contribution in [3.8, 4) is 5.69 Å². The lowest BCUT2D eigenvalue weighted by atomic mass is 9.96. The number of para-hydroxylation sites is 1. The Labute approximate surface area is 211 Å². The number of benzene rings is 1. The standard InChI is InChI=1S/C27H30N4O3S/c1-17-15-21(18(2)31(17)23-12-5-4-10-20(23)26(32)33-3)25-24(22-11-6-7-13-28-22)29-27(35)30(25)16-19-9-8-14-34-19/h4-7,10-13,15,19,24-25H,8-9,14,16H2,1-3H3,(H,29,35)/t19-,24-,25+/m0/s1. The molecule has 0 saturated carbocycles. The van der Waals surface area contributed by atoms with Gasteiger partial charge in [0.25, 0.3) is 0 Å². The Kier molecular flexibility index (Phi) is 6.58. The van der Waals surface area contributed by atoms with Crippen LogP contribution < -0.4 is 5.32 Å². The molecule has 2 aliphatic heterocycles. The molecule has 4 heterocycles. The zero-order valence-corrected chi connectivity index (χ0v) is 21.0. The Hall–Kier alpha value is -3.23. The van der Waals surface area contributed by atoms with E-state index in [1.165, 1.54) is 7.11 Å². The smallest absolute Gasteiger partial charge is 0.339 e. The molecule has 1 aromatic carbocycles. The fourth-order valence-electron chi connectivity index (χ4n) is 5.36. The maximum atomic E-state index is 12.5. The topological polar surface area (TPSA) is 68.6 Å². The number of ether oxygens (including phenoxy) is 2. The average Bonchev–Trinajstić information content (AvgIpc) is 3.58. The summed E-state index contributed by atoms with van der Waals surface area (Å²) in [5, 5.41) is 4.24.